The molecule has 2 aromatic heterocycles. The number of carbonyl (C=O) groups excluding carboxylic acids is 1. The second-order valence-electron chi connectivity index (χ2n) is 9.54. The average molecular weight is 463 g/mol. The Balaban J connectivity index is 1.54. The Bertz CT molecular complexity index is 1000. The smallest absolute Gasteiger partial charge is 0.332 e. The maximum Gasteiger partial charge on any atom is 0.332 e. The first kappa shape index (κ1) is 26.8. The van der Waals surface area contributed by atoms with Gasteiger partial charge in [0.25, 0.3) is 5.56 Å². The molecule has 3 N–H and O–H groups in total. The van der Waals surface area contributed by atoms with E-state index in [0.717, 1.165) is 44.9 Å². The van der Waals surface area contributed by atoms with Gasteiger partial charge in [-0.2, -0.15) is 0 Å². The van der Waals surface area contributed by atoms with E-state index in [2.05, 4.69) is 24.1 Å². The maximum atomic E-state index is 12.7. The van der Waals surface area contributed by atoms with Crippen molar-refractivity contribution in [3.63, 3.8) is 0 Å². The number of carbonyl (C=O) groups is 1. The first-order chi connectivity index (χ1) is 15.7. The van der Waals surface area contributed by atoms with Gasteiger partial charge in [-0.1, -0.05) is 58.8 Å². The first-order valence-electron chi connectivity index (χ1n) is 12.4. The van der Waals surface area contributed by atoms with Crippen LogP contribution in [0.1, 0.15) is 78.1 Å². The molecule has 33 heavy (non-hydrogen) atoms. The van der Waals surface area contributed by atoms with E-state index in [9.17, 15) is 14.4 Å². The lowest BCUT2D eigenvalue weighted by molar-refractivity contribution is -0.122. The fraction of sp³-hybridized carbons (Fsp3) is 0.750. The number of nitrogens with two attached hydrogens (primary N) is 1. The van der Waals surface area contributed by atoms with Gasteiger partial charge in [0.1, 0.15) is 0 Å². The van der Waals surface area contributed by atoms with Gasteiger partial charge in [0.05, 0.1) is 12.4 Å². The van der Waals surface area contributed by atoms with Gasteiger partial charge in [-0.25, -0.2) is 9.78 Å². The van der Waals surface area contributed by atoms with Crippen LogP contribution in [0.4, 0.5) is 0 Å². The van der Waals surface area contributed by atoms with Crippen LogP contribution in [0.3, 0.4) is 0 Å². The quantitative estimate of drug-likeness (QED) is 0.394. The van der Waals surface area contributed by atoms with Crippen molar-refractivity contribution < 1.29 is 4.79 Å². The lowest BCUT2D eigenvalue weighted by Crippen LogP contribution is -2.41. The summed E-state index contributed by atoms with van der Waals surface area (Å²) in [6.07, 6.45) is 12.0. The largest absolute Gasteiger partial charge is 0.355 e. The van der Waals surface area contributed by atoms with Crippen LogP contribution in [0.25, 0.3) is 11.2 Å². The van der Waals surface area contributed by atoms with E-state index in [4.69, 9.17) is 5.73 Å². The van der Waals surface area contributed by atoms with Crippen LogP contribution in [0.15, 0.2) is 15.9 Å². The summed E-state index contributed by atoms with van der Waals surface area (Å²) in [5.74, 6) is 0.390. The molecule has 0 aliphatic heterocycles. The Hall–Kier alpha value is -2.42. The number of nitrogens with one attached hydrogen (secondary N) is 1. The Labute approximate surface area is 196 Å². The molecule has 0 aromatic carbocycles. The van der Waals surface area contributed by atoms with Gasteiger partial charge in [0.15, 0.2) is 11.2 Å². The van der Waals surface area contributed by atoms with Crippen LogP contribution >= 0.6 is 0 Å². The molecule has 186 valence electrons. The molecule has 0 spiro atoms. The summed E-state index contributed by atoms with van der Waals surface area (Å²) in [7, 11) is 3.42. The van der Waals surface area contributed by atoms with Gasteiger partial charge in [0, 0.05) is 27.2 Å². The van der Waals surface area contributed by atoms with Gasteiger partial charge in [-0.15, -0.1) is 0 Å². The standard InChI is InChI=1S/C24H42N6O3/c1-18(2)16-19(25)22(31)26-14-12-10-8-6-5-7-9-11-13-15-30-23(32)20-21(27-17-28(20)3)29(4)24(30)33/h17-19H,5-16,25H2,1-4H3,(H,26,31). The van der Waals surface area contributed by atoms with E-state index < -0.39 is 6.04 Å². The van der Waals surface area contributed by atoms with E-state index in [-0.39, 0.29) is 17.2 Å². The summed E-state index contributed by atoms with van der Waals surface area (Å²) in [6, 6.07) is -0.398. The summed E-state index contributed by atoms with van der Waals surface area (Å²) in [6.45, 7) is 5.28. The number of hydrogen-bond acceptors (Lipinski definition) is 5. The second kappa shape index (κ2) is 13.3. The predicted octanol–water partition coefficient (Wildman–Crippen LogP) is 2.43. The topological polar surface area (TPSA) is 117 Å². The van der Waals surface area contributed by atoms with Crippen molar-refractivity contribution in [3.8, 4) is 0 Å². The van der Waals surface area contributed by atoms with Gasteiger partial charge >= 0.3 is 5.69 Å². The molecule has 0 aliphatic carbocycles. The number of fused-ring (bicyclic) bond motifs is 1. The minimum absolute atomic E-state index is 0.0379. The normalized spacial score (nSPS) is 12.5. The summed E-state index contributed by atoms with van der Waals surface area (Å²) in [4.78, 5) is 41.2. The van der Waals surface area contributed by atoms with Crippen LogP contribution in [-0.4, -0.2) is 37.2 Å². The molecule has 1 unspecified atom stereocenters. The highest BCUT2D eigenvalue weighted by molar-refractivity contribution is 5.81. The third kappa shape index (κ3) is 7.84. The van der Waals surface area contributed by atoms with Gasteiger partial charge in [-0.3, -0.25) is 18.7 Å². The molecule has 2 heterocycles. The minimum Gasteiger partial charge on any atom is -0.355 e. The Kier molecular flexibility index (Phi) is 10.8. The van der Waals surface area contributed by atoms with Crippen LogP contribution in [0.2, 0.25) is 0 Å². The number of imidazole rings is 1. The Morgan fingerprint density at radius 1 is 1.00 bits per heavy atom. The summed E-state index contributed by atoms with van der Waals surface area (Å²) < 4.78 is 4.45. The third-order valence-electron chi connectivity index (χ3n) is 6.12. The number of nitrogens with zero attached hydrogens (tertiary/aromatic N) is 4. The highest BCUT2D eigenvalue weighted by Crippen LogP contribution is 2.10. The Morgan fingerprint density at radius 2 is 1.58 bits per heavy atom. The fourth-order valence-electron chi connectivity index (χ4n) is 4.18. The number of rotatable bonds is 15. The van der Waals surface area contributed by atoms with Crippen molar-refractivity contribution in [1.82, 2.24) is 24.0 Å². The van der Waals surface area contributed by atoms with Crippen molar-refractivity contribution in [2.24, 2.45) is 25.7 Å². The number of aryl methyl sites for hydroxylation is 2. The molecule has 0 aliphatic rings. The molecular formula is C24H42N6O3. The van der Waals surface area contributed by atoms with E-state index in [0.29, 0.717) is 30.2 Å². The van der Waals surface area contributed by atoms with Crippen molar-refractivity contribution in [2.75, 3.05) is 6.54 Å². The highest BCUT2D eigenvalue weighted by Gasteiger charge is 2.15. The SMILES string of the molecule is CC(C)CC(N)C(=O)NCCCCCCCCCCCn1c(=O)c2c(ncn2C)n(C)c1=O. The summed E-state index contributed by atoms with van der Waals surface area (Å²) in [5, 5.41) is 2.93. The minimum atomic E-state index is -0.398. The Morgan fingerprint density at radius 3 is 2.18 bits per heavy atom. The zero-order valence-electron chi connectivity index (χ0n) is 20.8. The van der Waals surface area contributed by atoms with Gasteiger partial charge in [-0.05, 0) is 25.2 Å². The van der Waals surface area contributed by atoms with Crippen LogP contribution < -0.4 is 22.3 Å². The van der Waals surface area contributed by atoms with Crippen LogP contribution in [0, 0.1) is 5.92 Å². The van der Waals surface area contributed by atoms with Gasteiger partial charge in [0.2, 0.25) is 5.91 Å². The van der Waals surface area contributed by atoms with E-state index >= 15 is 0 Å². The van der Waals surface area contributed by atoms with Crippen molar-refractivity contribution in [3.05, 3.63) is 27.2 Å². The molecule has 1 amide bonds. The summed E-state index contributed by atoms with van der Waals surface area (Å²) in [5.41, 5.74) is 6.22. The molecule has 0 fully saturated rings. The number of hydrogen-bond donors (Lipinski definition) is 2. The second-order valence-corrected chi connectivity index (χ2v) is 9.54. The lowest BCUT2D eigenvalue weighted by atomic mass is 10.0. The van der Waals surface area contributed by atoms with E-state index in [1.54, 1.807) is 25.0 Å². The first-order valence-corrected chi connectivity index (χ1v) is 12.4. The molecule has 2 rings (SSSR count). The van der Waals surface area contributed by atoms with E-state index in [1.807, 2.05) is 0 Å². The van der Waals surface area contributed by atoms with Crippen molar-refractivity contribution >= 4 is 17.1 Å². The number of unbranched alkanes of at least 4 members (excludes halogenated alkanes) is 8. The van der Waals surface area contributed by atoms with Crippen molar-refractivity contribution in [2.45, 2.75) is 90.6 Å². The van der Waals surface area contributed by atoms with Crippen LogP contribution in [-0.2, 0) is 25.4 Å². The third-order valence-corrected chi connectivity index (χ3v) is 6.12. The molecule has 0 saturated heterocycles. The molecule has 2 aromatic rings. The molecule has 9 heteroatoms. The molecule has 0 radical (unpaired) electrons. The number of aromatic nitrogens is 4. The highest BCUT2D eigenvalue weighted by atomic mass is 16.2. The molecule has 1 atom stereocenters. The zero-order chi connectivity index (χ0) is 24.4. The van der Waals surface area contributed by atoms with E-state index in [1.165, 1.54) is 28.4 Å². The molecule has 0 bridgehead atoms. The van der Waals surface area contributed by atoms with Crippen molar-refractivity contribution in [1.29, 1.82) is 0 Å². The average Bonchev–Trinajstić information content (AvgIpc) is 3.16. The van der Waals surface area contributed by atoms with Gasteiger partial charge < -0.3 is 15.6 Å². The van der Waals surface area contributed by atoms with Crippen LogP contribution in [0.5, 0.6) is 0 Å². The molecule has 9 nitrogen and oxygen atoms in total. The fourth-order valence-corrected chi connectivity index (χ4v) is 4.18. The molecular weight excluding hydrogens is 420 g/mol. The maximum absolute atomic E-state index is 12.7. The number of amides is 1. The predicted molar refractivity (Wildman–Crippen MR) is 132 cm³/mol. The lowest BCUT2D eigenvalue weighted by Gasteiger charge is -2.14. The zero-order valence-corrected chi connectivity index (χ0v) is 20.8. The monoisotopic (exact) mass is 462 g/mol. The summed E-state index contributed by atoms with van der Waals surface area (Å²) >= 11 is 0. The molecule has 0 saturated carbocycles.